The number of carbonyl (C=O) groups excluding carboxylic acids is 2. The van der Waals surface area contributed by atoms with Crippen LogP contribution < -0.4 is 0 Å². The minimum absolute atomic E-state index is 0.253. The van der Waals surface area contributed by atoms with Crippen LogP contribution in [0.25, 0.3) is 11.4 Å². The number of carbonyl (C=O) groups is 2. The van der Waals surface area contributed by atoms with Gasteiger partial charge in [0, 0.05) is 31.7 Å². The zero-order chi connectivity index (χ0) is 29.0. The number of unbranched alkanes of at least 4 members (excludes halogenated alkanes) is 1. The highest BCUT2D eigenvalue weighted by Gasteiger charge is 2.19. The Bertz CT molecular complexity index is 1380. The molecule has 4 aromatic rings. The van der Waals surface area contributed by atoms with Gasteiger partial charge in [0.1, 0.15) is 5.82 Å². The molecule has 0 amide bonds. The fourth-order valence-electron chi connectivity index (χ4n) is 4.87. The Labute approximate surface area is 242 Å². The third-order valence-corrected chi connectivity index (χ3v) is 6.76. The average molecular weight is 554 g/mol. The van der Waals surface area contributed by atoms with Crippen molar-refractivity contribution in [2.45, 2.75) is 59.8 Å². The molecule has 3 aromatic carbocycles. The van der Waals surface area contributed by atoms with Gasteiger partial charge in [-0.3, -0.25) is 4.90 Å². The van der Waals surface area contributed by atoms with E-state index in [-0.39, 0.29) is 13.2 Å². The third kappa shape index (κ3) is 8.14. The molecule has 0 spiro atoms. The Kier molecular flexibility index (Phi) is 10.9. The van der Waals surface area contributed by atoms with Crippen LogP contribution in [-0.4, -0.2) is 39.6 Å². The van der Waals surface area contributed by atoms with Crippen molar-refractivity contribution in [3.63, 3.8) is 0 Å². The summed E-state index contributed by atoms with van der Waals surface area (Å²) in [7, 11) is 0. The molecule has 0 bridgehead atoms. The van der Waals surface area contributed by atoms with Gasteiger partial charge >= 0.3 is 11.9 Å². The van der Waals surface area contributed by atoms with Crippen LogP contribution in [0.4, 0.5) is 0 Å². The van der Waals surface area contributed by atoms with E-state index in [1.807, 2.05) is 54.7 Å². The number of imidazole rings is 1. The first-order chi connectivity index (χ1) is 20.0. The zero-order valence-electron chi connectivity index (χ0n) is 24.2. The molecule has 4 rings (SSSR count). The van der Waals surface area contributed by atoms with E-state index < -0.39 is 11.9 Å². The number of rotatable bonds is 14. The standard InChI is InChI=1S/C34H39N3O4/c1-4-7-18-37-31(22-35-32(37)28-16-12-9-13-17-28)25-36(23-26-14-10-8-11-15-26)24-27-19-29(33(38)40-5-2)21-30(20-27)34(39)41-6-3/h8-17,19-22H,4-7,18,23-25H2,1-3H3. The Morgan fingerprint density at radius 3 is 1.93 bits per heavy atom. The second-order valence-electron chi connectivity index (χ2n) is 9.93. The first-order valence-electron chi connectivity index (χ1n) is 14.4. The lowest BCUT2D eigenvalue weighted by Crippen LogP contribution is -2.24. The van der Waals surface area contributed by atoms with Gasteiger partial charge in [0.05, 0.1) is 36.2 Å². The minimum atomic E-state index is -0.459. The Morgan fingerprint density at radius 2 is 1.34 bits per heavy atom. The van der Waals surface area contributed by atoms with E-state index in [2.05, 4.69) is 40.7 Å². The van der Waals surface area contributed by atoms with Crippen LogP contribution >= 0.6 is 0 Å². The van der Waals surface area contributed by atoms with Gasteiger partial charge in [-0.25, -0.2) is 14.6 Å². The molecule has 41 heavy (non-hydrogen) atoms. The molecule has 0 N–H and O–H groups in total. The van der Waals surface area contributed by atoms with Crippen molar-refractivity contribution >= 4 is 11.9 Å². The summed E-state index contributed by atoms with van der Waals surface area (Å²) >= 11 is 0. The van der Waals surface area contributed by atoms with Crippen LogP contribution in [0.5, 0.6) is 0 Å². The second-order valence-corrected chi connectivity index (χ2v) is 9.93. The summed E-state index contributed by atoms with van der Waals surface area (Å²) < 4.78 is 12.8. The summed E-state index contributed by atoms with van der Waals surface area (Å²) in [6, 6.07) is 25.7. The van der Waals surface area contributed by atoms with Crippen molar-refractivity contribution in [1.29, 1.82) is 0 Å². The first kappa shape index (κ1) is 29.7. The summed E-state index contributed by atoms with van der Waals surface area (Å²) in [5, 5.41) is 0. The summed E-state index contributed by atoms with van der Waals surface area (Å²) in [4.78, 5) is 32.5. The molecule has 0 saturated carbocycles. The molecule has 0 radical (unpaired) electrons. The molecule has 0 unspecified atom stereocenters. The fourth-order valence-corrected chi connectivity index (χ4v) is 4.87. The summed E-state index contributed by atoms with van der Waals surface area (Å²) in [5.41, 5.74) is 4.88. The van der Waals surface area contributed by atoms with E-state index in [0.717, 1.165) is 42.0 Å². The largest absolute Gasteiger partial charge is 0.462 e. The van der Waals surface area contributed by atoms with E-state index in [9.17, 15) is 9.59 Å². The van der Waals surface area contributed by atoms with E-state index in [1.165, 1.54) is 5.56 Å². The van der Waals surface area contributed by atoms with Crippen molar-refractivity contribution in [1.82, 2.24) is 14.5 Å². The molecule has 0 atom stereocenters. The lowest BCUT2D eigenvalue weighted by Gasteiger charge is -2.24. The molecule has 0 aliphatic carbocycles. The fraction of sp³-hybridized carbons (Fsp3) is 0.324. The highest BCUT2D eigenvalue weighted by Crippen LogP contribution is 2.24. The van der Waals surface area contributed by atoms with Crippen molar-refractivity contribution in [3.05, 3.63) is 113 Å². The van der Waals surface area contributed by atoms with Gasteiger partial charge < -0.3 is 14.0 Å². The Balaban J connectivity index is 1.70. The van der Waals surface area contributed by atoms with Gasteiger partial charge in [0.25, 0.3) is 0 Å². The number of hydrogen-bond acceptors (Lipinski definition) is 6. The average Bonchev–Trinajstić information content (AvgIpc) is 3.39. The number of aromatic nitrogens is 2. The zero-order valence-corrected chi connectivity index (χ0v) is 24.2. The van der Waals surface area contributed by atoms with Crippen molar-refractivity contribution < 1.29 is 19.1 Å². The molecule has 0 aliphatic rings. The normalized spacial score (nSPS) is 11.0. The van der Waals surface area contributed by atoms with Gasteiger partial charge in [-0.1, -0.05) is 74.0 Å². The lowest BCUT2D eigenvalue weighted by atomic mass is 10.0. The maximum atomic E-state index is 12.7. The monoisotopic (exact) mass is 553 g/mol. The number of ether oxygens (including phenoxy) is 2. The van der Waals surface area contributed by atoms with Crippen LogP contribution in [0, 0.1) is 0 Å². The SMILES string of the molecule is CCCCn1c(CN(Cc2ccccc2)Cc2cc(C(=O)OCC)cc(C(=O)OCC)c2)cnc1-c1ccccc1. The predicted molar refractivity (Wildman–Crippen MR) is 160 cm³/mol. The van der Waals surface area contributed by atoms with Gasteiger partial charge in [-0.05, 0) is 49.6 Å². The lowest BCUT2D eigenvalue weighted by molar-refractivity contribution is 0.0524. The van der Waals surface area contributed by atoms with Gasteiger partial charge in [0.2, 0.25) is 0 Å². The molecular weight excluding hydrogens is 514 g/mol. The smallest absolute Gasteiger partial charge is 0.338 e. The van der Waals surface area contributed by atoms with Gasteiger partial charge in [-0.15, -0.1) is 0 Å². The van der Waals surface area contributed by atoms with E-state index in [4.69, 9.17) is 14.5 Å². The highest BCUT2D eigenvalue weighted by molar-refractivity contribution is 5.95. The molecule has 7 heteroatoms. The van der Waals surface area contributed by atoms with E-state index in [1.54, 1.807) is 19.9 Å². The Morgan fingerprint density at radius 1 is 0.756 bits per heavy atom. The van der Waals surface area contributed by atoms with Crippen LogP contribution in [0.2, 0.25) is 0 Å². The first-order valence-corrected chi connectivity index (χ1v) is 14.4. The molecule has 0 aliphatic heterocycles. The molecule has 7 nitrogen and oxygen atoms in total. The molecule has 214 valence electrons. The molecule has 1 heterocycles. The number of hydrogen-bond donors (Lipinski definition) is 0. The van der Waals surface area contributed by atoms with Gasteiger partial charge in [0.15, 0.2) is 0 Å². The Hall–Kier alpha value is -4.23. The maximum absolute atomic E-state index is 12.7. The summed E-state index contributed by atoms with van der Waals surface area (Å²) in [6.45, 7) is 8.93. The van der Waals surface area contributed by atoms with Crippen LogP contribution in [0.1, 0.15) is 71.1 Å². The number of nitrogens with zero attached hydrogens (tertiary/aromatic N) is 3. The molecule has 0 fully saturated rings. The van der Waals surface area contributed by atoms with E-state index in [0.29, 0.717) is 30.8 Å². The second kappa shape index (κ2) is 15.0. The quantitative estimate of drug-likeness (QED) is 0.158. The minimum Gasteiger partial charge on any atom is -0.462 e. The molecular formula is C34H39N3O4. The van der Waals surface area contributed by atoms with Crippen molar-refractivity contribution in [3.8, 4) is 11.4 Å². The highest BCUT2D eigenvalue weighted by atomic mass is 16.5. The molecule has 1 aromatic heterocycles. The maximum Gasteiger partial charge on any atom is 0.338 e. The van der Waals surface area contributed by atoms with Gasteiger partial charge in [-0.2, -0.15) is 0 Å². The topological polar surface area (TPSA) is 73.7 Å². The van der Waals surface area contributed by atoms with Crippen molar-refractivity contribution in [2.75, 3.05) is 13.2 Å². The van der Waals surface area contributed by atoms with Crippen LogP contribution in [0.15, 0.2) is 85.1 Å². The molecule has 0 saturated heterocycles. The van der Waals surface area contributed by atoms with E-state index >= 15 is 0 Å². The van der Waals surface area contributed by atoms with Crippen LogP contribution in [-0.2, 0) is 35.7 Å². The number of esters is 2. The van der Waals surface area contributed by atoms with Crippen LogP contribution in [0.3, 0.4) is 0 Å². The summed E-state index contributed by atoms with van der Waals surface area (Å²) in [5.74, 6) is 0.0434. The predicted octanol–water partition coefficient (Wildman–Crippen LogP) is 6.91. The number of benzene rings is 3. The third-order valence-electron chi connectivity index (χ3n) is 6.76. The summed E-state index contributed by atoms with van der Waals surface area (Å²) in [6.07, 6.45) is 4.10. The van der Waals surface area contributed by atoms with Crippen molar-refractivity contribution in [2.24, 2.45) is 0 Å².